The van der Waals surface area contributed by atoms with Crippen LogP contribution in [0, 0.1) is 22.7 Å². The Morgan fingerprint density at radius 1 is 1.00 bits per heavy atom. The first-order valence-corrected chi connectivity index (χ1v) is 15.0. The molecule has 3 aromatic rings. The first-order chi connectivity index (χ1) is 20.2. The number of fused-ring (bicyclic) bond motifs is 1. The number of rotatable bonds is 9. The third-order valence-electron chi connectivity index (χ3n) is 6.54. The maximum atomic E-state index is 13.2. The van der Waals surface area contributed by atoms with Gasteiger partial charge in [-0.3, -0.25) is 19.8 Å². The Morgan fingerprint density at radius 3 is 2.29 bits per heavy atom. The highest BCUT2D eigenvalue weighted by atomic mass is 32.2. The molecule has 14 heteroatoms. The van der Waals surface area contributed by atoms with Crippen LogP contribution >= 0.6 is 11.3 Å². The van der Waals surface area contributed by atoms with Gasteiger partial charge >= 0.3 is 6.03 Å². The van der Waals surface area contributed by atoms with Crippen molar-refractivity contribution in [1.82, 2.24) is 19.8 Å². The van der Waals surface area contributed by atoms with Crippen LogP contribution in [0.5, 0.6) is 0 Å². The van der Waals surface area contributed by atoms with Gasteiger partial charge in [-0.25, -0.2) is 13.2 Å². The minimum atomic E-state index is -4.13. The van der Waals surface area contributed by atoms with E-state index in [4.69, 9.17) is 10.5 Å². The molecule has 42 heavy (non-hydrogen) atoms. The van der Waals surface area contributed by atoms with Crippen LogP contribution in [0.4, 0.5) is 9.80 Å². The van der Waals surface area contributed by atoms with Crippen LogP contribution in [-0.2, 0) is 29.5 Å². The number of nitrogens with zero attached hydrogens (tertiary/aromatic N) is 4. The highest BCUT2D eigenvalue weighted by Gasteiger charge is 2.30. The Hall–Kier alpha value is -4.60. The summed E-state index contributed by atoms with van der Waals surface area (Å²) in [5, 5.41) is 25.5. The van der Waals surface area contributed by atoms with Gasteiger partial charge < -0.3 is 10.6 Å². The number of sulfonamides is 1. The standard InChI is InChI=1S/C28H27N7O5S2/c1-31-28(38)33-26(37)24-22-11-14-34(17-19-5-3-2-4-6-19)18-23(22)41-27(24)32-25(36)20-7-9-21(10-8-20)42(39,40)35(15-12-29)16-13-30/h2-10H,11,14-18H2,1H3,(H,32,36)(H2,31,33,37,38). The van der Waals surface area contributed by atoms with Crippen LogP contribution in [0.2, 0.25) is 0 Å². The summed E-state index contributed by atoms with van der Waals surface area (Å²) in [6.07, 6.45) is 0.541. The van der Waals surface area contributed by atoms with Gasteiger partial charge in [0.15, 0.2) is 0 Å². The fourth-order valence-electron chi connectivity index (χ4n) is 4.48. The van der Waals surface area contributed by atoms with Crippen LogP contribution in [0.3, 0.4) is 0 Å². The quantitative estimate of drug-likeness (QED) is 0.312. The number of hydrogen-bond donors (Lipinski definition) is 3. The van der Waals surface area contributed by atoms with E-state index in [1.165, 1.54) is 42.6 Å². The van der Waals surface area contributed by atoms with Crippen LogP contribution < -0.4 is 16.0 Å². The average Bonchev–Trinajstić information content (AvgIpc) is 3.34. The lowest BCUT2D eigenvalue weighted by Gasteiger charge is -2.27. The second kappa shape index (κ2) is 13.4. The fraction of sp³-hybridized carbons (Fsp3) is 0.250. The van der Waals surface area contributed by atoms with Crippen molar-refractivity contribution >= 4 is 44.2 Å². The molecule has 0 saturated carbocycles. The Labute approximate surface area is 247 Å². The van der Waals surface area contributed by atoms with Crippen molar-refractivity contribution in [2.75, 3.05) is 32.0 Å². The van der Waals surface area contributed by atoms with Crippen LogP contribution in [0.15, 0.2) is 59.5 Å². The van der Waals surface area contributed by atoms with E-state index >= 15 is 0 Å². The van der Waals surface area contributed by atoms with Gasteiger partial charge in [-0.15, -0.1) is 11.3 Å². The number of carbonyl (C=O) groups excluding carboxylic acids is 3. The first-order valence-electron chi connectivity index (χ1n) is 12.8. The Balaban J connectivity index is 1.58. The predicted octanol–water partition coefficient (Wildman–Crippen LogP) is 2.67. The van der Waals surface area contributed by atoms with Gasteiger partial charge in [0.05, 0.1) is 22.6 Å². The molecule has 0 unspecified atom stereocenters. The van der Waals surface area contributed by atoms with Crippen molar-refractivity contribution in [3.63, 3.8) is 0 Å². The molecule has 0 bridgehead atoms. The van der Waals surface area contributed by atoms with E-state index in [2.05, 4.69) is 20.9 Å². The molecule has 2 heterocycles. The summed E-state index contributed by atoms with van der Waals surface area (Å²) in [6.45, 7) is 0.959. The number of benzene rings is 2. The zero-order valence-corrected chi connectivity index (χ0v) is 24.2. The van der Waals surface area contributed by atoms with Crippen molar-refractivity contribution in [3.8, 4) is 12.1 Å². The van der Waals surface area contributed by atoms with Gasteiger partial charge in [-0.05, 0) is 41.8 Å². The SMILES string of the molecule is CNC(=O)NC(=O)c1c(NC(=O)c2ccc(S(=O)(=O)N(CC#N)CC#N)cc2)sc2c1CCN(Cc1ccccc1)C2. The van der Waals surface area contributed by atoms with E-state index in [0.29, 0.717) is 19.5 Å². The van der Waals surface area contributed by atoms with E-state index in [-0.39, 0.29) is 21.0 Å². The lowest BCUT2D eigenvalue weighted by molar-refractivity contribution is 0.0964. The van der Waals surface area contributed by atoms with Crippen LogP contribution in [-0.4, -0.2) is 62.2 Å². The molecule has 0 fully saturated rings. The number of imide groups is 1. The number of nitriles is 2. The number of urea groups is 1. The molecule has 1 aromatic heterocycles. The molecule has 1 aliphatic heterocycles. The Kier molecular flexibility index (Phi) is 9.67. The molecule has 0 atom stereocenters. The molecule has 2 aromatic carbocycles. The zero-order valence-electron chi connectivity index (χ0n) is 22.6. The van der Waals surface area contributed by atoms with Gasteiger partial charge in [0, 0.05) is 37.1 Å². The van der Waals surface area contributed by atoms with Crippen molar-refractivity contribution in [2.45, 2.75) is 24.4 Å². The van der Waals surface area contributed by atoms with E-state index < -0.39 is 41.0 Å². The highest BCUT2D eigenvalue weighted by Crippen LogP contribution is 2.38. The molecule has 4 amide bonds. The molecule has 216 valence electrons. The van der Waals surface area contributed by atoms with Crippen LogP contribution in [0.25, 0.3) is 0 Å². The molecule has 4 rings (SSSR count). The molecule has 0 aliphatic carbocycles. The van der Waals surface area contributed by atoms with Gasteiger partial charge in [0.25, 0.3) is 11.8 Å². The average molecular weight is 606 g/mol. The number of thiophene rings is 1. The second-order valence-corrected chi connectivity index (χ2v) is 12.3. The van der Waals surface area contributed by atoms with Crippen molar-refractivity contribution in [2.24, 2.45) is 0 Å². The normalized spacial score (nSPS) is 13.0. The summed E-state index contributed by atoms with van der Waals surface area (Å²) in [4.78, 5) is 41.2. The van der Waals surface area contributed by atoms with Gasteiger partial charge in [0.1, 0.15) is 18.1 Å². The van der Waals surface area contributed by atoms with Crippen molar-refractivity contribution < 1.29 is 22.8 Å². The highest BCUT2D eigenvalue weighted by molar-refractivity contribution is 7.89. The number of anilines is 1. The van der Waals surface area contributed by atoms with Crippen molar-refractivity contribution in [1.29, 1.82) is 10.5 Å². The minimum Gasteiger partial charge on any atom is -0.341 e. The molecule has 3 N–H and O–H groups in total. The van der Waals surface area contributed by atoms with Gasteiger partial charge in [0.2, 0.25) is 10.0 Å². The molecule has 1 aliphatic rings. The smallest absolute Gasteiger partial charge is 0.321 e. The van der Waals surface area contributed by atoms with Gasteiger partial charge in [-0.2, -0.15) is 14.8 Å². The summed E-state index contributed by atoms with van der Waals surface area (Å²) < 4.78 is 26.4. The third kappa shape index (κ3) is 6.82. The monoisotopic (exact) mass is 605 g/mol. The van der Waals surface area contributed by atoms with Crippen molar-refractivity contribution in [3.05, 3.63) is 81.7 Å². The van der Waals surface area contributed by atoms with Crippen LogP contribution in [0.1, 0.15) is 36.7 Å². The van der Waals surface area contributed by atoms with E-state index in [1.54, 1.807) is 12.1 Å². The second-order valence-electron chi connectivity index (χ2n) is 9.26. The van der Waals surface area contributed by atoms with E-state index in [0.717, 1.165) is 26.9 Å². The summed E-state index contributed by atoms with van der Waals surface area (Å²) in [6, 6.07) is 17.8. The third-order valence-corrected chi connectivity index (χ3v) is 9.48. The summed E-state index contributed by atoms with van der Waals surface area (Å²) in [5.41, 5.74) is 2.25. The predicted molar refractivity (Wildman–Crippen MR) is 155 cm³/mol. The molecule has 0 radical (unpaired) electrons. The lowest BCUT2D eigenvalue weighted by atomic mass is 10.0. The molecular weight excluding hydrogens is 578 g/mol. The first kappa shape index (κ1) is 30.4. The molecular formula is C28H27N7O5S2. The topological polar surface area (TPSA) is 176 Å². The Morgan fingerprint density at radius 2 is 1.67 bits per heavy atom. The van der Waals surface area contributed by atoms with E-state index in [9.17, 15) is 22.8 Å². The number of carbonyl (C=O) groups is 3. The molecule has 0 saturated heterocycles. The van der Waals surface area contributed by atoms with Gasteiger partial charge in [-0.1, -0.05) is 30.3 Å². The maximum Gasteiger partial charge on any atom is 0.321 e. The Bertz CT molecular complexity index is 1660. The number of hydrogen-bond acceptors (Lipinski definition) is 9. The molecule has 0 spiro atoms. The maximum absolute atomic E-state index is 13.2. The largest absolute Gasteiger partial charge is 0.341 e. The fourth-order valence-corrected chi connectivity index (χ4v) is 6.99. The minimum absolute atomic E-state index is 0.121. The number of nitrogens with one attached hydrogen (secondary N) is 3. The zero-order chi connectivity index (χ0) is 30.3. The lowest BCUT2D eigenvalue weighted by Crippen LogP contribution is -2.38. The summed E-state index contributed by atoms with van der Waals surface area (Å²) in [5.74, 6) is -1.23. The summed E-state index contributed by atoms with van der Waals surface area (Å²) >= 11 is 1.25. The summed E-state index contributed by atoms with van der Waals surface area (Å²) in [7, 11) is -2.74. The number of amides is 4. The molecule has 12 nitrogen and oxygen atoms in total. The van der Waals surface area contributed by atoms with E-state index in [1.807, 2.05) is 30.3 Å².